The molecule has 286 valence electrons. The Hall–Kier alpha value is -8.14. The lowest BCUT2D eigenvalue weighted by atomic mass is 10.0. The van der Waals surface area contributed by atoms with Crippen molar-refractivity contribution in [3.63, 3.8) is 0 Å². The molecule has 0 aliphatic carbocycles. The van der Waals surface area contributed by atoms with E-state index in [0.717, 1.165) is 66.8 Å². The maximum absolute atomic E-state index is 6.60. The second-order valence-electron chi connectivity index (χ2n) is 15.7. The number of anilines is 3. The third-order valence-corrected chi connectivity index (χ3v) is 12.2. The topological polar surface area (TPSA) is 21.3 Å². The highest BCUT2D eigenvalue weighted by molar-refractivity contribution is 6.15. The molecule has 0 unspecified atom stereocenters. The quantitative estimate of drug-likeness (QED) is 0.161. The van der Waals surface area contributed by atoms with Gasteiger partial charge in [-0.1, -0.05) is 152 Å². The van der Waals surface area contributed by atoms with Crippen molar-refractivity contribution < 1.29 is 4.42 Å². The number of fused-ring (bicyclic) bond motifs is 8. The number of nitrogens with zero attached hydrogens (tertiary/aromatic N) is 2. The molecule has 2 aromatic heterocycles. The van der Waals surface area contributed by atoms with Gasteiger partial charge >= 0.3 is 0 Å². The number of hydrogen-bond donors (Lipinski definition) is 0. The van der Waals surface area contributed by atoms with Gasteiger partial charge in [-0.25, -0.2) is 0 Å². The Morgan fingerprint density at radius 3 is 1.56 bits per heavy atom. The molecule has 12 aromatic rings. The number of para-hydroxylation sites is 2. The fraction of sp³-hybridized carbons (Fsp3) is 0. The number of hydrogen-bond acceptors (Lipinski definition) is 2. The van der Waals surface area contributed by atoms with E-state index in [0.29, 0.717) is 0 Å². The minimum Gasteiger partial charge on any atom is -0.455 e. The summed E-state index contributed by atoms with van der Waals surface area (Å²) in [6.45, 7) is 0. The van der Waals surface area contributed by atoms with E-state index in [9.17, 15) is 0 Å². The second-order valence-corrected chi connectivity index (χ2v) is 15.7. The molecule has 3 heteroatoms. The van der Waals surface area contributed by atoms with Crippen LogP contribution in [0.4, 0.5) is 17.1 Å². The standard InChI is InChI=1S/C58H38N2O/c1-2-13-39(14-3-1)42-16-10-19-47(35-42)59(48-20-12-18-44(37-48)45-30-33-53-54-34-29-41-15-4-5-22-50(41)58(54)61-57(53)38-45)46-31-27-40(28-32-46)43-17-11-21-49(36-43)60-55-25-8-6-23-51(55)52-24-7-9-26-56(52)60/h1-38H. The molecule has 0 bridgehead atoms. The van der Waals surface area contributed by atoms with Crippen LogP contribution in [0, 0.1) is 0 Å². The maximum Gasteiger partial charge on any atom is 0.143 e. The van der Waals surface area contributed by atoms with Gasteiger partial charge in [0.15, 0.2) is 0 Å². The molecule has 0 aliphatic heterocycles. The molecule has 0 spiro atoms. The molecule has 61 heavy (non-hydrogen) atoms. The maximum atomic E-state index is 6.60. The smallest absolute Gasteiger partial charge is 0.143 e. The predicted octanol–water partition coefficient (Wildman–Crippen LogP) is 16.3. The van der Waals surface area contributed by atoms with E-state index >= 15 is 0 Å². The van der Waals surface area contributed by atoms with E-state index < -0.39 is 0 Å². The van der Waals surface area contributed by atoms with Crippen molar-refractivity contribution in [3.05, 3.63) is 231 Å². The Bertz CT molecular complexity index is 3540. The SMILES string of the molecule is c1ccc(-c2cccc(N(c3ccc(-c4cccc(-n5c6ccccc6c6ccccc65)c4)cc3)c3cccc(-c4ccc5c(c4)oc4c6ccccc6ccc54)c3)c2)cc1. The van der Waals surface area contributed by atoms with Gasteiger partial charge in [0.1, 0.15) is 11.2 Å². The minimum atomic E-state index is 0.888. The summed E-state index contributed by atoms with van der Waals surface area (Å²) in [7, 11) is 0. The minimum absolute atomic E-state index is 0.888. The van der Waals surface area contributed by atoms with Gasteiger partial charge in [-0.3, -0.25) is 0 Å². The van der Waals surface area contributed by atoms with Crippen molar-refractivity contribution in [3.8, 4) is 39.1 Å². The van der Waals surface area contributed by atoms with E-state index in [-0.39, 0.29) is 0 Å². The molecule has 0 N–H and O–H groups in total. The van der Waals surface area contributed by atoms with Gasteiger partial charge in [-0.05, 0) is 118 Å². The van der Waals surface area contributed by atoms with Crippen LogP contribution in [0.1, 0.15) is 0 Å². The predicted molar refractivity (Wildman–Crippen MR) is 257 cm³/mol. The van der Waals surface area contributed by atoms with Crippen LogP contribution < -0.4 is 4.90 Å². The lowest BCUT2D eigenvalue weighted by molar-refractivity contribution is 0.673. The highest BCUT2D eigenvalue weighted by Crippen LogP contribution is 2.41. The van der Waals surface area contributed by atoms with Crippen LogP contribution in [-0.4, -0.2) is 4.57 Å². The Kier molecular flexibility index (Phi) is 8.17. The highest BCUT2D eigenvalue weighted by Gasteiger charge is 2.17. The van der Waals surface area contributed by atoms with Crippen LogP contribution >= 0.6 is 0 Å². The molecular weight excluding hydrogens is 741 g/mol. The molecule has 12 rings (SSSR count). The highest BCUT2D eigenvalue weighted by atomic mass is 16.3. The fourth-order valence-electron chi connectivity index (χ4n) is 9.24. The van der Waals surface area contributed by atoms with Gasteiger partial charge in [-0.15, -0.1) is 0 Å². The summed E-state index contributed by atoms with van der Waals surface area (Å²) < 4.78 is 8.98. The van der Waals surface area contributed by atoms with Crippen molar-refractivity contribution in [2.45, 2.75) is 0 Å². The van der Waals surface area contributed by atoms with Crippen LogP contribution in [0.15, 0.2) is 235 Å². The first-order valence-electron chi connectivity index (χ1n) is 20.8. The average Bonchev–Trinajstić information content (AvgIpc) is 3.88. The van der Waals surface area contributed by atoms with Crippen LogP contribution in [-0.2, 0) is 0 Å². The summed E-state index contributed by atoms with van der Waals surface area (Å²) in [5, 5.41) is 7.10. The largest absolute Gasteiger partial charge is 0.455 e. The molecule has 0 saturated heterocycles. The Morgan fingerprint density at radius 1 is 0.311 bits per heavy atom. The molecule has 3 nitrogen and oxygen atoms in total. The summed E-state index contributed by atoms with van der Waals surface area (Å²) in [4.78, 5) is 2.36. The zero-order valence-corrected chi connectivity index (χ0v) is 33.2. The van der Waals surface area contributed by atoms with E-state index in [1.807, 2.05) is 0 Å². The normalized spacial score (nSPS) is 11.6. The molecule has 0 fully saturated rings. The van der Waals surface area contributed by atoms with Gasteiger partial charge in [-0.2, -0.15) is 0 Å². The Morgan fingerprint density at radius 2 is 0.836 bits per heavy atom. The second kappa shape index (κ2) is 14.3. The van der Waals surface area contributed by atoms with Crippen molar-refractivity contribution in [2.75, 3.05) is 4.90 Å². The monoisotopic (exact) mass is 778 g/mol. The van der Waals surface area contributed by atoms with E-state index in [1.165, 1.54) is 43.9 Å². The van der Waals surface area contributed by atoms with E-state index in [2.05, 4.69) is 240 Å². The first-order chi connectivity index (χ1) is 30.2. The van der Waals surface area contributed by atoms with Crippen molar-refractivity contribution in [2.24, 2.45) is 0 Å². The molecule has 0 radical (unpaired) electrons. The average molecular weight is 779 g/mol. The van der Waals surface area contributed by atoms with Gasteiger partial charge in [0.05, 0.1) is 11.0 Å². The first kappa shape index (κ1) is 34.9. The van der Waals surface area contributed by atoms with Crippen molar-refractivity contribution in [1.29, 1.82) is 0 Å². The van der Waals surface area contributed by atoms with Crippen LogP contribution in [0.5, 0.6) is 0 Å². The Balaban J connectivity index is 0.948. The summed E-state index contributed by atoms with van der Waals surface area (Å²) in [5.74, 6) is 0. The molecule has 0 saturated carbocycles. The molecule has 10 aromatic carbocycles. The van der Waals surface area contributed by atoms with Gasteiger partial charge in [0.25, 0.3) is 0 Å². The van der Waals surface area contributed by atoms with Gasteiger partial charge < -0.3 is 13.9 Å². The van der Waals surface area contributed by atoms with Gasteiger partial charge in [0, 0.05) is 49.7 Å². The van der Waals surface area contributed by atoms with Crippen LogP contribution in [0.3, 0.4) is 0 Å². The third-order valence-electron chi connectivity index (χ3n) is 12.2. The first-order valence-corrected chi connectivity index (χ1v) is 20.8. The van der Waals surface area contributed by atoms with E-state index in [1.54, 1.807) is 0 Å². The third kappa shape index (κ3) is 5.98. The number of aromatic nitrogens is 1. The summed E-state index contributed by atoms with van der Waals surface area (Å²) >= 11 is 0. The van der Waals surface area contributed by atoms with Crippen molar-refractivity contribution >= 4 is 71.6 Å². The lowest BCUT2D eigenvalue weighted by Crippen LogP contribution is -2.10. The lowest BCUT2D eigenvalue weighted by Gasteiger charge is -2.27. The summed E-state index contributed by atoms with van der Waals surface area (Å²) in [6, 6.07) is 82.9. The fourth-order valence-corrected chi connectivity index (χ4v) is 9.24. The van der Waals surface area contributed by atoms with Gasteiger partial charge in [0.2, 0.25) is 0 Å². The molecule has 0 amide bonds. The number of rotatable bonds is 7. The molecule has 0 atom stereocenters. The Labute approximate surface area is 353 Å². The molecule has 2 heterocycles. The zero-order chi connectivity index (χ0) is 40.3. The number of furan rings is 1. The van der Waals surface area contributed by atoms with Crippen molar-refractivity contribution in [1.82, 2.24) is 4.57 Å². The zero-order valence-electron chi connectivity index (χ0n) is 33.2. The van der Waals surface area contributed by atoms with Crippen LogP contribution in [0.2, 0.25) is 0 Å². The molecule has 0 aliphatic rings. The summed E-state index contributed by atoms with van der Waals surface area (Å²) in [5.41, 5.74) is 15.5. The summed E-state index contributed by atoms with van der Waals surface area (Å²) in [6.07, 6.45) is 0. The number of benzene rings is 10. The molecular formula is C58H38N2O. The van der Waals surface area contributed by atoms with Crippen LogP contribution in [0.25, 0.3) is 93.6 Å². The van der Waals surface area contributed by atoms with E-state index in [4.69, 9.17) is 4.42 Å².